The molecule has 0 bridgehead atoms. The van der Waals surface area contributed by atoms with Crippen LogP contribution < -0.4 is 5.32 Å². The van der Waals surface area contributed by atoms with Crippen molar-refractivity contribution >= 4 is 11.0 Å². The number of likely N-dealkylation sites (tertiary alicyclic amines) is 1. The average Bonchev–Trinajstić information content (AvgIpc) is 3.01. The van der Waals surface area contributed by atoms with E-state index in [-0.39, 0.29) is 0 Å². The molecule has 1 aromatic heterocycles. The summed E-state index contributed by atoms with van der Waals surface area (Å²) < 4.78 is 2.20. The van der Waals surface area contributed by atoms with E-state index in [0.29, 0.717) is 6.04 Å². The molecule has 108 valence electrons. The Morgan fingerprint density at radius 2 is 2.15 bits per heavy atom. The Kier molecular flexibility index (Phi) is 3.76. The van der Waals surface area contributed by atoms with Crippen molar-refractivity contribution in [3.8, 4) is 0 Å². The fourth-order valence-corrected chi connectivity index (χ4v) is 3.18. The predicted octanol–water partition coefficient (Wildman–Crippen LogP) is 2.18. The van der Waals surface area contributed by atoms with Gasteiger partial charge in [0.15, 0.2) is 0 Å². The molecular formula is C16H24N4. The van der Waals surface area contributed by atoms with Crippen LogP contribution in [0, 0.1) is 5.92 Å². The number of benzene rings is 1. The van der Waals surface area contributed by atoms with Crippen molar-refractivity contribution in [3.63, 3.8) is 0 Å². The van der Waals surface area contributed by atoms with Gasteiger partial charge >= 0.3 is 0 Å². The van der Waals surface area contributed by atoms with Crippen molar-refractivity contribution < 1.29 is 0 Å². The summed E-state index contributed by atoms with van der Waals surface area (Å²) in [5.74, 6) is 1.90. The number of hydrogen-bond acceptors (Lipinski definition) is 3. The lowest BCUT2D eigenvalue weighted by molar-refractivity contribution is 0.379. The van der Waals surface area contributed by atoms with Crippen LogP contribution in [0.1, 0.15) is 25.2 Å². The second-order valence-electron chi connectivity index (χ2n) is 6.06. The molecule has 1 aliphatic rings. The normalized spacial score (nSPS) is 21.6. The molecule has 20 heavy (non-hydrogen) atoms. The van der Waals surface area contributed by atoms with E-state index < -0.39 is 0 Å². The molecule has 4 nitrogen and oxygen atoms in total. The van der Waals surface area contributed by atoms with E-state index in [1.54, 1.807) is 0 Å². The molecule has 0 spiro atoms. The number of hydrogen-bond donors (Lipinski definition) is 1. The molecule has 1 aromatic carbocycles. The van der Waals surface area contributed by atoms with Gasteiger partial charge in [0.25, 0.3) is 0 Å². The zero-order valence-corrected chi connectivity index (χ0v) is 12.6. The molecule has 1 aliphatic heterocycles. The van der Waals surface area contributed by atoms with Gasteiger partial charge in [-0.3, -0.25) is 0 Å². The van der Waals surface area contributed by atoms with Crippen molar-refractivity contribution in [2.75, 3.05) is 26.7 Å². The Hall–Kier alpha value is -1.39. The second-order valence-corrected chi connectivity index (χ2v) is 6.06. The third kappa shape index (κ3) is 2.58. The number of aryl methyl sites for hydroxylation is 1. The van der Waals surface area contributed by atoms with Crippen LogP contribution >= 0.6 is 0 Å². The first-order valence-electron chi connectivity index (χ1n) is 7.48. The minimum Gasteiger partial charge on any atom is -0.330 e. The smallest absolute Gasteiger partial charge is 0.126 e. The first-order valence-corrected chi connectivity index (χ1v) is 7.48. The molecule has 0 saturated carbocycles. The first-order chi connectivity index (χ1) is 9.65. The third-order valence-corrected chi connectivity index (χ3v) is 4.41. The molecule has 2 heterocycles. The number of aromatic nitrogens is 2. The van der Waals surface area contributed by atoms with Crippen molar-refractivity contribution in [1.82, 2.24) is 19.8 Å². The summed E-state index contributed by atoms with van der Waals surface area (Å²) in [6, 6.07) is 8.62. The second kappa shape index (κ2) is 5.54. The first kappa shape index (κ1) is 13.6. The zero-order chi connectivity index (χ0) is 14.1. The monoisotopic (exact) mass is 272 g/mol. The van der Waals surface area contributed by atoms with E-state index in [4.69, 9.17) is 4.98 Å². The van der Waals surface area contributed by atoms with Gasteiger partial charge in [-0.15, -0.1) is 0 Å². The molecular weight excluding hydrogens is 248 g/mol. The number of imidazole rings is 1. The van der Waals surface area contributed by atoms with Gasteiger partial charge in [0.1, 0.15) is 5.82 Å². The van der Waals surface area contributed by atoms with Crippen LogP contribution in [0.5, 0.6) is 0 Å². The molecule has 2 atom stereocenters. The molecule has 2 unspecified atom stereocenters. The number of para-hydroxylation sites is 2. The fourth-order valence-electron chi connectivity index (χ4n) is 3.18. The van der Waals surface area contributed by atoms with Crippen molar-refractivity contribution in [1.29, 1.82) is 0 Å². The van der Waals surface area contributed by atoms with Gasteiger partial charge < -0.3 is 14.8 Å². The minimum atomic E-state index is 0.290. The van der Waals surface area contributed by atoms with Crippen LogP contribution in [-0.2, 0) is 7.05 Å². The Morgan fingerprint density at radius 1 is 1.35 bits per heavy atom. The van der Waals surface area contributed by atoms with Crippen LogP contribution in [0.25, 0.3) is 11.0 Å². The highest BCUT2D eigenvalue weighted by atomic mass is 15.1. The van der Waals surface area contributed by atoms with Gasteiger partial charge in [0, 0.05) is 13.6 Å². The van der Waals surface area contributed by atoms with Crippen molar-refractivity contribution in [2.24, 2.45) is 13.0 Å². The number of nitrogens with one attached hydrogen (secondary N) is 1. The van der Waals surface area contributed by atoms with Gasteiger partial charge in [-0.25, -0.2) is 4.98 Å². The number of fused-ring (bicyclic) bond motifs is 1. The standard InChI is InChI=1S/C16H24N4/c1-12(17-10-13-8-9-19(2)11-13)16-18-14-6-4-5-7-15(14)20(16)3/h4-7,12-13,17H,8-11H2,1-3H3. The average molecular weight is 272 g/mol. The number of nitrogens with zero attached hydrogens (tertiary/aromatic N) is 3. The SMILES string of the molecule is CC(NCC1CCN(C)C1)c1nc2ccccc2n1C. The Morgan fingerprint density at radius 3 is 2.85 bits per heavy atom. The quantitative estimate of drug-likeness (QED) is 0.926. The predicted molar refractivity (Wildman–Crippen MR) is 82.7 cm³/mol. The third-order valence-electron chi connectivity index (χ3n) is 4.41. The highest BCUT2D eigenvalue weighted by Crippen LogP contribution is 2.20. The molecule has 0 amide bonds. The molecule has 0 aliphatic carbocycles. The van der Waals surface area contributed by atoms with Gasteiger partial charge in [-0.2, -0.15) is 0 Å². The van der Waals surface area contributed by atoms with Crippen LogP contribution in [0.4, 0.5) is 0 Å². The van der Waals surface area contributed by atoms with Crippen LogP contribution in [0.3, 0.4) is 0 Å². The van der Waals surface area contributed by atoms with E-state index in [0.717, 1.165) is 23.8 Å². The molecule has 3 rings (SSSR count). The van der Waals surface area contributed by atoms with Crippen LogP contribution in [-0.4, -0.2) is 41.1 Å². The van der Waals surface area contributed by atoms with E-state index >= 15 is 0 Å². The topological polar surface area (TPSA) is 33.1 Å². The minimum absolute atomic E-state index is 0.290. The zero-order valence-electron chi connectivity index (χ0n) is 12.6. The summed E-state index contributed by atoms with van der Waals surface area (Å²) in [5, 5.41) is 3.65. The molecule has 2 aromatic rings. The number of rotatable bonds is 4. The Balaban J connectivity index is 1.69. The van der Waals surface area contributed by atoms with E-state index in [1.807, 2.05) is 6.07 Å². The molecule has 0 radical (unpaired) electrons. The summed E-state index contributed by atoms with van der Waals surface area (Å²) in [4.78, 5) is 7.17. The summed E-state index contributed by atoms with van der Waals surface area (Å²) in [6.45, 7) is 5.73. The summed E-state index contributed by atoms with van der Waals surface area (Å²) >= 11 is 0. The van der Waals surface area contributed by atoms with E-state index in [9.17, 15) is 0 Å². The van der Waals surface area contributed by atoms with Gasteiger partial charge in [0.2, 0.25) is 0 Å². The fraction of sp³-hybridized carbons (Fsp3) is 0.562. The lowest BCUT2D eigenvalue weighted by Crippen LogP contribution is -2.28. The van der Waals surface area contributed by atoms with Crippen LogP contribution in [0.2, 0.25) is 0 Å². The Bertz CT molecular complexity index is 589. The molecule has 1 saturated heterocycles. The van der Waals surface area contributed by atoms with E-state index in [1.165, 1.54) is 25.0 Å². The maximum Gasteiger partial charge on any atom is 0.126 e. The van der Waals surface area contributed by atoms with Gasteiger partial charge in [0.05, 0.1) is 17.1 Å². The molecule has 1 N–H and O–H groups in total. The summed E-state index contributed by atoms with van der Waals surface area (Å²) in [6.07, 6.45) is 1.30. The summed E-state index contributed by atoms with van der Waals surface area (Å²) in [7, 11) is 4.31. The molecule has 4 heteroatoms. The lowest BCUT2D eigenvalue weighted by atomic mass is 10.1. The maximum atomic E-state index is 4.76. The Labute approximate surface area is 120 Å². The van der Waals surface area contributed by atoms with Gasteiger partial charge in [-0.1, -0.05) is 12.1 Å². The van der Waals surface area contributed by atoms with E-state index in [2.05, 4.69) is 54.0 Å². The maximum absolute atomic E-state index is 4.76. The van der Waals surface area contributed by atoms with Gasteiger partial charge in [-0.05, 0) is 51.5 Å². The largest absolute Gasteiger partial charge is 0.330 e. The highest BCUT2D eigenvalue weighted by Gasteiger charge is 2.21. The summed E-state index contributed by atoms with van der Waals surface area (Å²) in [5.41, 5.74) is 2.29. The molecule has 1 fully saturated rings. The highest BCUT2D eigenvalue weighted by molar-refractivity contribution is 5.75. The lowest BCUT2D eigenvalue weighted by Gasteiger charge is -2.17. The van der Waals surface area contributed by atoms with Crippen molar-refractivity contribution in [3.05, 3.63) is 30.1 Å². The van der Waals surface area contributed by atoms with Crippen molar-refractivity contribution in [2.45, 2.75) is 19.4 Å². The van der Waals surface area contributed by atoms with Crippen LogP contribution in [0.15, 0.2) is 24.3 Å².